The Kier molecular flexibility index (Phi) is 13.8. The number of fused-ring (bicyclic) bond motifs is 10. The molecule has 0 radical (unpaired) electrons. The van der Waals surface area contributed by atoms with Gasteiger partial charge in [0.15, 0.2) is 0 Å². The van der Waals surface area contributed by atoms with E-state index in [4.69, 9.17) is 6.13 Å². The van der Waals surface area contributed by atoms with Gasteiger partial charge >= 0.3 is 328 Å². The monoisotopic (exact) mass is 930 g/mol. The molecule has 8 aliphatic carbocycles. The van der Waals surface area contributed by atoms with Gasteiger partial charge in [0.25, 0.3) is 0 Å². The van der Waals surface area contributed by atoms with Crippen LogP contribution in [0, 0.1) is 92.7 Å². The van der Waals surface area contributed by atoms with Crippen molar-refractivity contribution in [2.24, 2.45) is 92.7 Å². The first-order chi connectivity index (χ1) is 28.0. The molecule has 0 aromatic carbocycles. The van der Waals surface area contributed by atoms with Crippen LogP contribution in [0.4, 0.5) is 0 Å². The number of halogens is 1. The number of rotatable bonds is 14. The molecule has 6 saturated carbocycles. The van der Waals surface area contributed by atoms with Gasteiger partial charge in [-0.3, -0.25) is 0 Å². The Hall–Kier alpha value is 0.0500. The second kappa shape index (κ2) is 17.8. The van der Waals surface area contributed by atoms with Crippen LogP contribution in [-0.4, -0.2) is 34.6 Å². The van der Waals surface area contributed by atoms with E-state index in [1.165, 1.54) is 103 Å². The molecule has 5 heteroatoms. The summed E-state index contributed by atoms with van der Waals surface area (Å²) >= 11 is -0.747. The van der Waals surface area contributed by atoms with Crippen LogP contribution in [0.2, 0.25) is 0 Å². The zero-order valence-corrected chi connectivity index (χ0v) is 41.8. The van der Waals surface area contributed by atoms with Crippen molar-refractivity contribution in [2.75, 3.05) is 0 Å². The minimum absolute atomic E-state index is 0.111. The Morgan fingerprint density at radius 1 is 0.542 bits per heavy atom. The van der Waals surface area contributed by atoms with Gasteiger partial charge in [-0.2, -0.15) is 0 Å². The molecule has 0 amide bonds. The summed E-state index contributed by atoms with van der Waals surface area (Å²) < 4.78 is 13.6. The number of hydrogen-bond donors (Lipinski definition) is 2. The maximum atomic E-state index is 10.5. The molecule has 0 spiro atoms. The fourth-order valence-electron chi connectivity index (χ4n) is 17.6. The predicted molar refractivity (Wildman–Crippen MR) is 239 cm³/mol. The zero-order chi connectivity index (χ0) is 42.1. The molecule has 0 saturated heterocycles. The fraction of sp³-hybridized carbons (Fsp3) is 0.926. The molecule has 6 fully saturated rings. The van der Waals surface area contributed by atoms with Crippen molar-refractivity contribution in [1.29, 1.82) is 0 Å². The van der Waals surface area contributed by atoms with E-state index in [1.807, 2.05) is 0 Å². The third-order valence-corrected chi connectivity index (χ3v) is 23.0. The van der Waals surface area contributed by atoms with Crippen molar-refractivity contribution < 1.29 is 38.4 Å². The average Bonchev–Trinajstić information content (AvgIpc) is 3.74. The molecular formula is C54H90IO4-. The van der Waals surface area contributed by atoms with Crippen molar-refractivity contribution in [3.8, 4) is 0 Å². The second-order valence-corrected chi connectivity index (χ2v) is 26.1. The molecule has 2 N–H and O–H groups in total. The van der Waals surface area contributed by atoms with Crippen LogP contribution in [0.3, 0.4) is 0 Å². The molecule has 0 bridgehead atoms. The molecule has 8 aliphatic rings. The number of hydrogen-bond acceptors (Lipinski definition) is 4. The number of aliphatic hydroxyl groups is 2. The molecule has 4 nitrogen and oxygen atoms in total. The van der Waals surface area contributed by atoms with Crippen molar-refractivity contribution in [1.82, 2.24) is 0 Å². The molecule has 0 aromatic heterocycles. The van der Waals surface area contributed by atoms with Gasteiger partial charge in [-0.15, -0.1) is 0 Å². The van der Waals surface area contributed by atoms with Gasteiger partial charge < -0.3 is 10.2 Å². The predicted octanol–water partition coefficient (Wildman–Crippen LogP) is 10.7. The Morgan fingerprint density at radius 3 is 1.34 bits per heavy atom. The Balaban J connectivity index is 0.808. The van der Waals surface area contributed by atoms with Gasteiger partial charge in [0.05, 0.1) is 12.2 Å². The van der Waals surface area contributed by atoms with E-state index in [0.717, 1.165) is 84.9 Å². The molecule has 0 aliphatic heterocycles. The van der Waals surface area contributed by atoms with E-state index in [2.05, 4.69) is 81.4 Å². The van der Waals surface area contributed by atoms with Crippen LogP contribution in [0.25, 0.3) is 0 Å². The summed E-state index contributed by atoms with van der Waals surface area (Å²) in [5, 5.41) is 20.9. The average molecular weight is 930 g/mol. The Morgan fingerprint density at radius 2 is 0.949 bits per heavy atom. The quantitative estimate of drug-likeness (QED) is 0.135. The van der Waals surface area contributed by atoms with Crippen LogP contribution >= 0.6 is 0 Å². The molecular weight excluding hydrogens is 839 g/mol. The van der Waals surface area contributed by atoms with Crippen LogP contribution in [0.5, 0.6) is 0 Å². The number of allylic oxidation sites excluding steroid dienone is 2. The van der Waals surface area contributed by atoms with Gasteiger partial charge in [-0.05, 0) is 25.7 Å². The van der Waals surface area contributed by atoms with Crippen LogP contribution in [-0.2, 0) is 6.13 Å². The third kappa shape index (κ3) is 8.32. The Labute approximate surface area is 374 Å². The minimum atomic E-state index is -0.747. The van der Waals surface area contributed by atoms with Gasteiger partial charge in [-0.25, -0.2) is 0 Å². The first-order valence-electron chi connectivity index (χ1n) is 25.7. The molecule has 18 atom stereocenters. The molecule has 10 unspecified atom stereocenters. The first-order valence-corrected chi connectivity index (χ1v) is 27.5. The van der Waals surface area contributed by atoms with E-state index in [1.54, 1.807) is 11.1 Å². The SMILES string of the molecule is CC(C)[C@H](CC[C@@H](C)C1CCC2C3CC=C4CC(O)CC[C@]4(C)C3CC[C@@]21C)O[I-]O[C@H](CC[C@@H](C)C1CCC2C3CC=C4CC(O)CC[C@]4(C)C3CC[C@@]21C)C(C)C. The van der Waals surface area contributed by atoms with E-state index < -0.39 is 22.0 Å². The van der Waals surface area contributed by atoms with Crippen molar-refractivity contribution in [3.63, 3.8) is 0 Å². The molecule has 338 valence electrons. The second-order valence-electron chi connectivity index (χ2n) is 24.7. The van der Waals surface area contributed by atoms with Gasteiger partial charge in [0.1, 0.15) is 0 Å². The third-order valence-electron chi connectivity index (χ3n) is 21.3. The van der Waals surface area contributed by atoms with E-state index in [-0.39, 0.29) is 12.2 Å². The van der Waals surface area contributed by atoms with Crippen LogP contribution in [0.15, 0.2) is 23.3 Å². The first kappa shape index (κ1) is 45.6. The standard InChI is InChI=1S/C54H90IO4/c1-33(2)49(21-11-35(5)43-17-19-45-41-15-13-37-31-39(56)23-27-51(37,7)47(41)25-29-53(43,45)9)58-55-59-50(34(3)4)22-12-36(6)44-18-20-46-42-16-14-38-32-40(57)24-28-52(38,8)48(42)26-30-54(44,46)10/h13-14,33-36,39-50,56-57H,11-12,15-32H2,1-10H3/q-1/t35-,36-,39?,40?,41?,42?,43?,44?,45?,46?,47?,48?,49-,50+,51+,52+,53-,54-/m1/s1. The van der Waals surface area contributed by atoms with Crippen molar-refractivity contribution >= 4 is 0 Å². The van der Waals surface area contributed by atoms with Crippen LogP contribution < -0.4 is 22.0 Å². The van der Waals surface area contributed by atoms with Crippen molar-refractivity contribution in [3.05, 3.63) is 23.3 Å². The van der Waals surface area contributed by atoms with Gasteiger partial charge in [0.2, 0.25) is 0 Å². The normalized spacial score (nSPS) is 46.3. The fourth-order valence-corrected chi connectivity index (χ4v) is 19.9. The van der Waals surface area contributed by atoms with E-state index >= 15 is 0 Å². The summed E-state index contributed by atoms with van der Waals surface area (Å²) in [5.41, 5.74) is 4.84. The molecule has 0 heterocycles. The zero-order valence-electron chi connectivity index (χ0n) is 39.6. The maximum absolute atomic E-state index is 10.5. The number of aliphatic hydroxyl groups excluding tert-OH is 2. The summed E-state index contributed by atoms with van der Waals surface area (Å²) in [6.45, 7) is 25.2. The van der Waals surface area contributed by atoms with E-state index in [0.29, 0.717) is 45.7 Å². The van der Waals surface area contributed by atoms with Gasteiger partial charge in [0, 0.05) is 0 Å². The van der Waals surface area contributed by atoms with Crippen molar-refractivity contribution in [2.45, 2.75) is 222 Å². The molecule has 0 aromatic rings. The van der Waals surface area contributed by atoms with Gasteiger partial charge in [-0.1, -0.05) is 0 Å². The summed E-state index contributed by atoms with van der Waals surface area (Å²) in [6.07, 6.45) is 30.6. The summed E-state index contributed by atoms with van der Waals surface area (Å²) in [7, 11) is 0. The van der Waals surface area contributed by atoms with E-state index in [9.17, 15) is 10.2 Å². The molecule has 8 rings (SSSR count). The summed E-state index contributed by atoms with van der Waals surface area (Å²) in [6, 6.07) is 0. The molecule has 59 heavy (non-hydrogen) atoms. The Bertz CT molecular complexity index is 1410. The van der Waals surface area contributed by atoms with Crippen LogP contribution in [0.1, 0.15) is 198 Å². The summed E-state index contributed by atoms with van der Waals surface area (Å²) in [4.78, 5) is 0. The topological polar surface area (TPSA) is 58.9 Å². The summed E-state index contributed by atoms with van der Waals surface area (Å²) in [5.74, 6) is 9.28.